The minimum absolute atomic E-state index is 0.143. The van der Waals surface area contributed by atoms with Crippen LogP contribution in [0.4, 0.5) is 0 Å². The molecule has 1 saturated heterocycles. The fourth-order valence-corrected chi connectivity index (χ4v) is 4.76. The van der Waals surface area contributed by atoms with Gasteiger partial charge < -0.3 is 36.5 Å². The molecule has 12 heteroatoms. The molecule has 0 bridgehead atoms. The Balaban J connectivity index is 1.84. The Morgan fingerprint density at radius 2 is 1.82 bits per heavy atom. The van der Waals surface area contributed by atoms with Gasteiger partial charge in [0.1, 0.15) is 18.1 Å². The second-order valence-corrected chi connectivity index (χ2v) is 10.0. The molecule has 38 heavy (non-hydrogen) atoms. The molecular weight excluding hydrogens is 494 g/mol. The van der Waals surface area contributed by atoms with Gasteiger partial charge in [-0.15, -0.1) is 0 Å². The molecule has 0 spiro atoms. The van der Waals surface area contributed by atoms with Crippen molar-refractivity contribution in [2.75, 3.05) is 6.54 Å². The van der Waals surface area contributed by atoms with Crippen molar-refractivity contribution < 1.29 is 34.2 Å². The first-order chi connectivity index (χ1) is 18.0. The van der Waals surface area contributed by atoms with Crippen LogP contribution >= 0.6 is 0 Å². The summed E-state index contributed by atoms with van der Waals surface area (Å²) >= 11 is 0. The van der Waals surface area contributed by atoms with Gasteiger partial charge in [-0.05, 0) is 36.8 Å². The largest absolute Gasteiger partial charge is 0.481 e. The van der Waals surface area contributed by atoms with Crippen molar-refractivity contribution in [2.45, 2.75) is 70.1 Å². The van der Waals surface area contributed by atoms with E-state index in [4.69, 9.17) is 10.8 Å². The molecule has 0 aliphatic carbocycles. The van der Waals surface area contributed by atoms with E-state index in [9.17, 15) is 29.1 Å². The standard InChI is InChI=1S/C26H35N5O7/c1-14(2)10-17(27)23(34)29-19(11-15-13-28-18-7-4-3-6-16(15)18)25(36)31-9-5-8-21(31)24(35)30-20(26(37)38)12-22(32)33/h3-4,6-7,13-14,17,19-21,28H,5,8-12,27H2,1-2H3,(H,29,34)(H,30,35)(H,32,33)(H,37,38). The molecule has 0 saturated carbocycles. The van der Waals surface area contributed by atoms with Gasteiger partial charge in [0.15, 0.2) is 0 Å². The van der Waals surface area contributed by atoms with Gasteiger partial charge in [-0.2, -0.15) is 0 Å². The molecule has 2 heterocycles. The molecule has 3 amide bonds. The molecule has 3 rings (SSSR count). The monoisotopic (exact) mass is 529 g/mol. The van der Waals surface area contributed by atoms with E-state index >= 15 is 0 Å². The van der Waals surface area contributed by atoms with Crippen molar-refractivity contribution >= 4 is 40.6 Å². The fraction of sp³-hybridized carbons (Fsp3) is 0.500. The Hall–Kier alpha value is -3.93. The van der Waals surface area contributed by atoms with Crippen molar-refractivity contribution in [3.8, 4) is 0 Å². The summed E-state index contributed by atoms with van der Waals surface area (Å²) in [6.45, 7) is 4.10. The van der Waals surface area contributed by atoms with Crippen LogP contribution in [0.25, 0.3) is 10.9 Å². The SMILES string of the molecule is CC(C)CC(N)C(=O)NC(Cc1c[nH]c2ccccc12)C(=O)N1CCCC1C(=O)NC(CC(=O)O)C(=O)O. The van der Waals surface area contributed by atoms with E-state index in [2.05, 4.69) is 15.6 Å². The fourth-order valence-electron chi connectivity index (χ4n) is 4.76. The molecule has 206 valence electrons. The van der Waals surface area contributed by atoms with Gasteiger partial charge in [-0.25, -0.2) is 4.79 Å². The second-order valence-electron chi connectivity index (χ2n) is 10.0. The van der Waals surface area contributed by atoms with Gasteiger partial charge in [-0.1, -0.05) is 32.0 Å². The number of rotatable bonds is 12. The summed E-state index contributed by atoms with van der Waals surface area (Å²) < 4.78 is 0. The normalized spacial score (nSPS) is 17.7. The van der Waals surface area contributed by atoms with Crippen molar-refractivity contribution in [3.05, 3.63) is 36.0 Å². The zero-order valence-corrected chi connectivity index (χ0v) is 21.5. The molecular formula is C26H35N5O7. The number of carbonyl (C=O) groups excluding carboxylic acids is 3. The number of hydrogen-bond acceptors (Lipinski definition) is 6. The van der Waals surface area contributed by atoms with Crippen LogP contribution in [0.3, 0.4) is 0 Å². The van der Waals surface area contributed by atoms with E-state index in [1.807, 2.05) is 38.1 Å². The van der Waals surface area contributed by atoms with Crippen molar-refractivity contribution in [1.29, 1.82) is 0 Å². The summed E-state index contributed by atoms with van der Waals surface area (Å²) in [6.07, 6.45) is 2.30. The van der Waals surface area contributed by atoms with Crippen LogP contribution in [0.1, 0.15) is 45.1 Å². The summed E-state index contributed by atoms with van der Waals surface area (Å²) in [4.78, 5) is 66.6. The van der Waals surface area contributed by atoms with Gasteiger partial charge in [-0.3, -0.25) is 19.2 Å². The second kappa shape index (κ2) is 12.5. The predicted octanol–water partition coefficient (Wildman–Crippen LogP) is 0.604. The molecule has 1 fully saturated rings. The molecule has 0 radical (unpaired) electrons. The first-order valence-electron chi connectivity index (χ1n) is 12.6. The highest BCUT2D eigenvalue weighted by Gasteiger charge is 2.39. The van der Waals surface area contributed by atoms with Crippen molar-refractivity contribution in [2.24, 2.45) is 11.7 Å². The third kappa shape index (κ3) is 7.09. The molecule has 1 aromatic carbocycles. The smallest absolute Gasteiger partial charge is 0.326 e. The Labute approximate surface area is 219 Å². The molecule has 12 nitrogen and oxygen atoms in total. The number of H-pyrrole nitrogens is 1. The molecule has 1 aliphatic heterocycles. The molecule has 7 N–H and O–H groups in total. The first kappa shape index (κ1) is 28.6. The van der Waals surface area contributed by atoms with Crippen LogP contribution in [-0.2, 0) is 30.4 Å². The zero-order chi connectivity index (χ0) is 28.0. The number of benzene rings is 1. The minimum atomic E-state index is -1.63. The Morgan fingerprint density at radius 3 is 2.47 bits per heavy atom. The van der Waals surface area contributed by atoms with Crippen LogP contribution in [-0.4, -0.2) is 80.5 Å². The number of nitrogens with one attached hydrogen (secondary N) is 3. The quantitative estimate of drug-likeness (QED) is 0.230. The maximum absolute atomic E-state index is 13.8. The van der Waals surface area contributed by atoms with E-state index < -0.39 is 60.2 Å². The Morgan fingerprint density at radius 1 is 1.11 bits per heavy atom. The number of fused-ring (bicyclic) bond motifs is 1. The number of amides is 3. The molecule has 4 atom stereocenters. The number of carbonyl (C=O) groups is 5. The van der Waals surface area contributed by atoms with Gasteiger partial charge in [0.05, 0.1) is 12.5 Å². The highest BCUT2D eigenvalue weighted by molar-refractivity contribution is 5.95. The Kier molecular flexibility index (Phi) is 9.45. The number of nitrogens with zero attached hydrogens (tertiary/aromatic N) is 1. The van der Waals surface area contributed by atoms with Crippen LogP contribution in [0.2, 0.25) is 0 Å². The van der Waals surface area contributed by atoms with E-state index in [1.54, 1.807) is 6.20 Å². The van der Waals surface area contributed by atoms with Gasteiger partial charge in [0.2, 0.25) is 17.7 Å². The van der Waals surface area contributed by atoms with E-state index in [1.165, 1.54) is 4.90 Å². The molecule has 2 aromatic rings. The topological polar surface area (TPSA) is 195 Å². The maximum Gasteiger partial charge on any atom is 0.326 e. The summed E-state index contributed by atoms with van der Waals surface area (Å²) in [5, 5.41) is 24.2. The maximum atomic E-state index is 13.8. The number of aromatic amines is 1. The number of aromatic nitrogens is 1. The average Bonchev–Trinajstić information content (AvgIpc) is 3.49. The molecule has 1 aliphatic rings. The molecule has 1 aromatic heterocycles. The minimum Gasteiger partial charge on any atom is -0.481 e. The lowest BCUT2D eigenvalue weighted by Gasteiger charge is -2.30. The number of para-hydroxylation sites is 1. The summed E-state index contributed by atoms with van der Waals surface area (Å²) in [5.41, 5.74) is 7.74. The number of carboxylic acid groups (broad SMARTS) is 2. The Bertz CT molecular complexity index is 1190. The van der Waals surface area contributed by atoms with E-state index in [0.717, 1.165) is 16.5 Å². The van der Waals surface area contributed by atoms with Crippen LogP contribution in [0, 0.1) is 5.92 Å². The third-order valence-electron chi connectivity index (χ3n) is 6.61. The predicted molar refractivity (Wildman–Crippen MR) is 138 cm³/mol. The van der Waals surface area contributed by atoms with E-state index in [-0.39, 0.29) is 25.3 Å². The average molecular weight is 530 g/mol. The van der Waals surface area contributed by atoms with Crippen molar-refractivity contribution in [3.63, 3.8) is 0 Å². The van der Waals surface area contributed by atoms with E-state index in [0.29, 0.717) is 12.8 Å². The van der Waals surface area contributed by atoms with Gasteiger partial charge in [0.25, 0.3) is 0 Å². The lowest BCUT2D eigenvalue weighted by molar-refractivity contribution is -0.148. The lowest BCUT2D eigenvalue weighted by atomic mass is 10.0. The number of likely N-dealkylation sites (tertiary alicyclic amines) is 1. The van der Waals surface area contributed by atoms with Gasteiger partial charge in [0, 0.05) is 30.1 Å². The number of carboxylic acids is 2. The lowest BCUT2D eigenvalue weighted by Crippen LogP contribution is -2.57. The zero-order valence-electron chi connectivity index (χ0n) is 21.5. The van der Waals surface area contributed by atoms with Crippen LogP contribution < -0.4 is 16.4 Å². The first-order valence-corrected chi connectivity index (χ1v) is 12.6. The summed E-state index contributed by atoms with van der Waals surface area (Å²) in [5.74, 6) is -4.43. The highest BCUT2D eigenvalue weighted by atomic mass is 16.4. The molecule has 4 unspecified atom stereocenters. The van der Waals surface area contributed by atoms with Crippen LogP contribution in [0.15, 0.2) is 30.5 Å². The third-order valence-corrected chi connectivity index (χ3v) is 6.61. The number of nitrogens with two attached hydrogens (primary N) is 1. The van der Waals surface area contributed by atoms with Crippen molar-refractivity contribution in [1.82, 2.24) is 20.5 Å². The number of hydrogen-bond donors (Lipinski definition) is 6. The number of aliphatic carboxylic acids is 2. The van der Waals surface area contributed by atoms with Gasteiger partial charge >= 0.3 is 11.9 Å². The summed E-state index contributed by atoms with van der Waals surface area (Å²) in [7, 11) is 0. The highest BCUT2D eigenvalue weighted by Crippen LogP contribution is 2.23. The van der Waals surface area contributed by atoms with Crippen LogP contribution in [0.5, 0.6) is 0 Å². The summed E-state index contributed by atoms with van der Waals surface area (Å²) in [6, 6.07) is 3.06.